The molecule has 1 aromatic rings. The molecule has 27 heavy (non-hydrogen) atoms. The molecule has 0 aromatic heterocycles. The Labute approximate surface area is 164 Å². The zero-order valence-electron chi connectivity index (χ0n) is 17.9. The predicted molar refractivity (Wildman–Crippen MR) is 113 cm³/mol. The molecule has 0 saturated heterocycles. The van der Waals surface area contributed by atoms with Crippen molar-refractivity contribution < 1.29 is 9.59 Å². The maximum absolute atomic E-state index is 12.6. The Morgan fingerprint density at radius 1 is 0.889 bits per heavy atom. The molecule has 0 fully saturated rings. The highest BCUT2D eigenvalue weighted by Crippen LogP contribution is 2.15. The summed E-state index contributed by atoms with van der Waals surface area (Å²) < 4.78 is 0. The van der Waals surface area contributed by atoms with Crippen molar-refractivity contribution in [3.8, 4) is 0 Å². The minimum absolute atomic E-state index is 0.0939. The summed E-state index contributed by atoms with van der Waals surface area (Å²) in [6.07, 6.45) is 0.241. The summed E-state index contributed by atoms with van der Waals surface area (Å²) in [6, 6.07) is 8.26. The fraction of sp³-hybridized carbons (Fsp3) is 0.636. The maximum Gasteiger partial charge on any atom is 0.227 e. The molecule has 0 aliphatic carbocycles. The van der Waals surface area contributed by atoms with E-state index in [9.17, 15) is 9.59 Å². The third kappa shape index (κ3) is 8.67. The molecular formula is C22H37N3O2. The molecule has 5 nitrogen and oxygen atoms in total. The number of carbonyl (C=O) groups excluding carboxylic acids is 2. The Bertz CT molecular complexity index is 594. The Kier molecular flexibility index (Phi) is 9.67. The number of rotatable bonds is 11. The van der Waals surface area contributed by atoms with Crippen LogP contribution in [0.2, 0.25) is 0 Å². The molecule has 3 N–H and O–H groups in total. The molecule has 0 spiro atoms. The maximum atomic E-state index is 12.6. The SMILES string of the molecule is CC(C)NCc1ccc(NC(=O)[C@H](C)CC(=O)[C@@H](NC(C)C)C(C)C)cc1. The molecular weight excluding hydrogens is 338 g/mol. The van der Waals surface area contributed by atoms with Crippen LogP contribution >= 0.6 is 0 Å². The van der Waals surface area contributed by atoms with Gasteiger partial charge in [0.15, 0.2) is 5.78 Å². The molecule has 2 atom stereocenters. The zero-order valence-corrected chi connectivity index (χ0v) is 17.9. The van der Waals surface area contributed by atoms with Gasteiger partial charge in [0.25, 0.3) is 0 Å². The largest absolute Gasteiger partial charge is 0.326 e. The van der Waals surface area contributed by atoms with Gasteiger partial charge in [0.05, 0.1) is 6.04 Å². The lowest BCUT2D eigenvalue weighted by atomic mass is 9.92. The molecule has 5 heteroatoms. The van der Waals surface area contributed by atoms with E-state index in [-0.39, 0.29) is 42.0 Å². The summed E-state index contributed by atoms with van der Waals surface area (Å²) in [5.41, 5.74) is 1.93. The van der Waals surface area contributed by atoms with Gasteiger partial charge in [0.1, 0.15) is 0 Å². The van der Waals surface area contributed by atoms with Crippen LogP contribution in [0.1, 0.15) is 60.5 Å². The number of hydrogen-bond acceptors (Lipinski definition) is 4. The lowest BCUT2D eigenvalue weighted by Crippen LogP contribution is -2.45. The molecule has 0 aliphatic heterocycles. The van der Waals surface area contributed by atoms with Crippen molar-refractivity contribution in [3.05, 3.63) is 29.8 Å². The Balaban J connectivity index is 2.59. The van der Waals surface area contributed by atoms with Crippen LogP contribution in [0.15, 0.2) is 24.3 Å². The average molecular weight is 376 g/mol. The minimum atomic E-state index is -0.366. The molecule has 0 unspecified atom stereocenters. The van der Waals surface area contributed by atoms with E-state index >= 15 is 0 Å². The average Bonchev–Trinajstić information content (AvgIpc) is 2.58. The summed E-state index contributed by atoms with van der Waals surface area (Å²) >= 11 is 0. The first-order chi connectivity index (χ1) is 12.6. The molecule has 1 aromatic carbocycles. The van der Waals surface area contributed by atoms with E-state index in [1.165, 1.54) is 5.56 Å². The normalized spacial score (nSPS) is 13.9. The van der Waals surface area contributed by atoms with E-state index in [1.54, 1.807) is 6.92 Å². The smallest absolute Gasteiger partial charge is 0.227 e. The summed E-state index contributed by atoms with van der Waals surface area (Å²) in [7, 11) is 0. The first-order valence-electron chi connectivity index (χ1n) is 10.0. The summed E-state index contributed by atoms with van der Waals surface area (Å²) in [4.78, 5) is 25.1. The van der Waals surface area contributed by atoms with Crippen molar-refractivity contribution in [2.45, 2.75) is 79.6 Å². The second-order valence-corrected chi connectivity index (χ2v) is 8.34. The van der Waals surface area contributed by atoms with E-state index in [0.717, 1.165) is 12.2 Å². The molecule has 1 amide bonds. The summed E-state index contributed by atoms with van der Waals surface area (Å²) in [5, 5.41) is 9.59. The van der Waals surface area contributed by atoms with Gasteiger partial charge in [0, 0.05) is 36.7 Å². The van der Waals surface area contributed by atoms with E-state index in [4.69, 9.17) is 0 Å². The minimum Gasteiger partial charge on any atom is -0.326 e. The predicted octanol–water partition coefficient (Wildman–Crippen LogP) is 3.74. The van der Waals surface area contributed by atoms with Crippen molar-refractivity contribution in [1.82, 2.24) is 10.6 Å². The van der Waals surface area contributed by atoms with Crippen LogP contribution in [0.4, 0.5) is 5.69 Å². The Morgan fingerprint density at radius 3 is 1.96 bits per heavy atom. The van der Waals surface area contributed by atoms with E-state index in [1.807, 2.05) is 52.0 Å². The first kappa shape index (κ1) is 23.3. The monoisotopic (exact) mass is 375 g/mol. The fourth-order valence-electron chi connectivity index (χ4n) is 2.83. The zero-order chi connectivity index (χ0) is 20.6. The lowest BCUT2D eigenvalue weighted by molar-refractivity contribution is -0.127. The van der Waals surface area contributed by atoms with E-state index in [2.05, 4.69) is 29.8 Å². The second-order valence-electron chi connectivity index (χ2n) is 8.34. The van der Waals surface area contributed by atoms with Crippen LogP contribution in [0, 0.1) is 11.8 Å². The van der Waals surface area contributed by atoms with Crippen LogP contribution in [0.5, 0.6) is 0 Å². The first-order valence-corrected chi connectivity index (χ1v) is 10.0. The van der Waals surface area contributed by atoms with Crippen LogP contribution in [-0.2, 0) is 16.1 Å². The standard InChI is InChI=1S/C22H37N3O2/c1-14(2)21(24-16(5)6)20(26)12-17(7)22(27)25-19-10-8-18(9-11-19)13-23-15(3)4/h8-11,14-17,21,23-24H,12-13H2,1-7H3,(H,25,27)/t17-,21+/m1/s1. The van der Waals surface area contributed by atoms with Gasteiger partial charge >= 0.3 is 0 Å². The van der Waals surface area contributed by atoms with Gasteiger partial charge in [-0.1, -0.05) is 60.6 Å². The van der Waals surface area contributed by atoms with Crippen LogP contribution < -0.4 is 16.0 Å². The Hall–Kier alpha value is -1.72. The summed E-state index contributed by atoms with van der Waals surface area (Å²) in [5.74, 6) is -0.197. The number of nitrogens with one attached hydrogen (secondary N) is 3. The van der Waals surface area contributed by atoms with E-state index < -0.39 is 0 Å². The number of benzene rings is 1. The Morgan fingerprint density at radius 2 is 1.48 bits per heavy atom. The number of amides is 1. The van der Waals surface area contributed by atoms with Gasteiger partial charge < -0.3 is 16.0 Å². The number of Topliss-reactive ketones (excluding diaryl/α,β-unsaturated/α-hetero) is 1. The van der Waals surface area contributed by atoms with Gasteiger partial charge in [-0.05, 0) is 23.6 Å². The molecule has 0 saturated carbocycles. The van der Waals surface area contributed by atoms with Crippen molar-refractivity contribution in [2.24, 2.45) is 11.8 Å². The van der Waals surface area contributed by atoms with Crippen LogP contribution in [0.3, 0.4) is 0 Å². The third-order valence-corrected chi connectivity index (χ3v) is 4.42. The van der Waals surface area contributed by atoms with Crippen LogP contribution in [-0.4, -0.2) is 29.8 Å². The summed E-state index contributed by atoms with van der Waals surface area (Å²) in [6.45, 7) is 14.9. The van der Waals surface area contributed by atoms with Crippen LogP contribution in [0.25, 0.3) is 0 Å². The molecule has 1 rings (SSSR count). The number of carbonyl (C=O) groups is 2. The quantitative estimate of drug-likeness (QED) is 0.551. The lowest BCUT2D eigenvalue weighted by Gasteiger charge is -2.24. The van der Waals surface area contributed by atoms with Gasteiger partial charge in [-0.2, -0.15) is 0 Å². The van der Waals surface area contributed by atoms with Gasteiger partial charge in [0.2, 0.25) is 5.91 Å². The van der Waals surface area contributed by atoms with Crippen molar-refractivity contribution >= 4 is 17.4 Å². The fourth-order valence-corrected chi connectivity index (χ4v) is 2.83. The molecule has 0 bridgehead atoms. The highest BCUT2D eigenvalue weighted by Gasteiger charge is 2.26. The number of ketones is 1. The number of hydrogen-bond donors (Lipinski definition) is 3. The highest BCUT2D eigenvalue weighted by atomic mass is 16.2. The molecule has 0 radical (unpaired) electrons. The highest BCUT2D eigenvalue weighted by molar-refractivity contribution is 5.96. The topological polar surface area (TPSA) is 70.2 Å². The van der Waals surface area contributed by atoms with Crippen molar-refractivity contribution in [1.29, 1.82) is 0 Å². The third-order valence-electron chi connectivity index (χ3n) is 4.42. The van der Waals surface area contributed by atoms with Gasteiger partial charge in [-0.15, -0.1) is 0 Å². The van der Waals surface area contributed by atoms with Gasteiger partial charge in [-0.25, -0.2) is 0 Å². The second kappa shape index (κ2) is 11.2. The van der Waals surface area contributed by atoms with E-state index in [0.29, 0.717) is 6.04 Å². The molecule has 0 heterocycles. The van der Waals surface area contributed by atoms with Crippen molar-refractivity contribution in [3.63, 3.8) is 0 Å². The van der Waals surface area contributed by atoms with Gasteiger partial charge in [-0.3, -0.25) is 9.59 Å². The molecule has 152 valence electrons. The molecule has 0 aliphatic rings. The number of anilines is 1. The van der Waals surface area contributed by atoms with Crippen molar-refractivity contribution in [2.75, 3.05) is 5.32 Å².